The van der Waals surface area contributed by atoms with Crippen LogP contribution in [-0.4, -0.2) is 19.8 Å². The molecule has 1 N–H and O–H groups in total. The first-order valence-corrected chi connectivity index (χ1v) is 6.66. The molecule has 3 rings (SSSR count). The molecule has 0 aliphatic rings. The van der Waals surface area contributed by atoms with E-state index < -0.39 is 18.7 Å². The maximum Gasteiger partial charge on any atom is 0.299 e. The predicted molar refractivity (Wildman–Crippen MR) is 74.5 cm³/mol. The Bertz CT molecular complexity index is 801. The number of nitrogens with zero attached hydrogens (tertiary/aromatic N) is 4. The van der Waals surface area contributed by atoms with Crippen molar-refractivity contribution in [2.24, 2.45) is 0 Å². The first kappa shape index (κ1) is 15.2. The summed E-state index contributed by atoms with van der Waals surface area (Å²) in [5, 5.41) is 13.9. The number of aromatic nitrogens is 4. The van der Waals surface area contributed by atoms with Crippen molar-refractivity contribution in [3.05, 3.63) is 53.3 Å². The number of anilines is 1. The third-order valence-electron chi connectivity index (χ3n) is 3.19. The minimum absolute atomic E-state index is 0.0561. The van der Waals surface area contributed by atoms with Crippen molar-refractivity contribution < 1.29 is 17.6 Å². The smallest absolute Gasteiger partial charge is 0.299 e. The number of rotatable bonds is 5. The van der Waals surface area contributed by atoms with E-state index >= 15 is 0 Å². The summed E-state index contributed by atoms with van der Waals surface area (Å²) in [5.74, 6) is -0.193. The van der Waals surface area contributed by atoms with Crippen LogP contribution in [0, 0.1) is 0 Å². The second-order valence-corrected chi connectivity index (χ2v) is 4.74. The highest BCUT2D eigenvalue weighted by molar-refractivity contribution is 5.44. The maximum absolute atomic E-state index is 12.8. The van der Waals surface area contributed by atoms with Gasteiger partial charge in [-0.05, 0) is 17.7 Å². The highest BCUT2D eigenvalue weighted by atomic mass is 19.3. The number of hydrogen-bond acceptors (Lipinski definition) is 4. The zero-order chi connectivity index (χ0) is 16.4. The summed E-state index contributed by atoms with van der Waals surface area (Å²) in [5.41, 5.74) is 0.917. The monoisotopic (exact) mass is 325 g/mol. The van der Waals surface area contributed by atoms with Gasteiger partial charge in [0, 0.05) is 12.1 Å². The van der Waals surface area contributed by atoms with Gasteiger partial charge in [-0.1, -0.05) is 24.3 Å². The molecule has 2 aromatic heterocycles. The summed E-state index contributed by atoms with van der Waals surface area (Å²) < 4.78 is 51.4. The van der Waals surface area contributed by atoms with E-state index in [0.717, 1.165) is 10.1 Å². The predicted octanol–water partition coefficient (Wildman–Crippen LogP) is 3.61. The molecule has 0 radical (unpaired) electrons. The zero-order valence-corrected chi connectivity index (χ0v) is 11.6. The molecular formula is C14H11F4N5. The summed E-state index contributed by atoms with van der Waals surface area (Å²) in [6.45, 7) is 0.314. The Hall–Kier alpha value is -2.71. The molecule has 0 saturated carbocycles. The van der Waals surface area contributed by atoms with Gasteiger partial charge in [0.1, 0.15) is 5.82 Å². The third kappa shape index (κ3) is 3.22. The molecule has 0 amide bonds. The largest absolute Gasteiger partial charge is 0.365 e. The number of alkyl halides is 4. The summed E-state index contributed by atoms with van der Waals surface area (Å²) in [7, 11) is 0. The number of fused-ring (bicyclic) bond motifs is 1. The summed E-state index contributed by atoms with van der Waals surface area (Å²) in [6.07, 6.45) is -5.29. The molecule has 1 aromatic carbocycles. The molecule has 0 aliphatic carbocycles. The zero-order valence-electron chi connectivity index (χ0n) is 11.6. The maximum atomic E-state index is 12.8. The number of benzene rings is 1. The van der Waals surface area contributed by atoms with Crippen LogP contribution in [0.4, 0.5) is 23.4 Å². The SMILES string of the molecule is FC(F)c1ccc(CNc2ccc3nnc(C(F)F)n3n2)cc1. The molecule has 120 valence electrons. The van der Waals surface area contributed by atoms with E-state index in [-0.39, 0.29) is 11.2 Å². The van der Waals surface area contributed by atoms with Crippen molar-refractivity contribution in [3.8, 4) is 0 Å². The van der Waals surface area contributed by atoms with Gasteiger partial charge in [-0.15, -0.1) is 15.3 Å². The second kappa shape index (κ2) is 6.19. The van der Waals surface area contributed by atoms with Gasteiger partial charge >= 0.3 is 0 Å². The molecule has 0 aliphatic heterocycles. The molecule has 0 atom stereocenters. The lowest BCUT2D eigenvalue weighted by Gasteiger charge is -2.07. The Morgan fingerprint density at radius 3 is 2.30 bits per heavy atom. The van der Waals surface area contributed by atoms with Crippen molar-refractivity contribution >= 4 is 11.5 Å². The summed E-state index contributed by atoms with van der Waals surface area (Å²) in [4.78, 5) is 0. The third-order valence-corrected chi connectivity index (χ3v) is 3.19. The van der Waals surface area contributed by atoms with Gasteiger partial charge < -0.3 is 5.32 Å². The lowest BCUT2D eigenvalue weighted by atomic mass is 10.1. The molecule has 0 fully saturated rings. The fourth-order valence-electron chi connectivity index (χ4n) is 2.01. The van der Waals surface area contributed by atoms with E-state index in [0.29, 0.717) is 12.4 Å². The summed E-state index contributed by atoms with van der Waals surface area (Å²) >= 11 is 0. The quantitative estimate of drug-likeness (QED) is 0.728. The van der Waals surface area contributed by atoms with Crippen LogP contribution in [0.2, 0.25) is 0 Å². The minimum atomic E-state index is -2.78. The highest BCUT2D eigenvalue weighted by Crippen LogP contribution is 2.20. The van der Waals surface area contributed by atoms with Crippen LogP contribution in [-0.2, 0) is 6.54 Å². The molecule has 3 aromatic rings. The van der Waals surface area contributed by atoms with Crippen molar-refractivity contribution in [2.45, 2.75) is 19.4 Å². The van der Waals surface area contributed by atoms with Crippen LogP contribution >= 0.6 is 0 Å². The van der Waals surface area contributed by atoms with Crippen LogP contribution < -0.4 is 5.32 Å². The Balaban J connectivity index is 1.75. The Morgan fingerprint density at radius 1 is 0.913 bits per heavy atom. The van der Waals surface area contributed by atoms with Crippen LogP contribution in [0.25, 0.3) is 5.65 Å². The van der Waals surface area contributed by atoms with Crippen molar-refractivity contribution in [3.63, 3.8) is 0 Å². The first-order valence-electron chi connectivity index (χ1n) is 6.66. The average Bonchev–Trinajstić information content (AvgIpc) is 2.96. The molecule has 0 unspecified atom stereocenters. The second-order valence-electron chi connectivity index (χ2n) is 4.74. The van der Waals surface area contributed by atoms with Crippen molar-refractivity contribution in [2.75, 3.05) is 5.32 Å². The number of halogens is 4. The average molecular weight is 325 g/mol. The normalized spacial score (nSPS) is 11.6. The molecule has 0 bridgehead atoms. The number of hydrogen-bond donors (Lipinski definition) is 1. The molecule has 0 saturated heterocycles. The molecule has 0 spiro atoms. The van der Waals surface area contributed by atoms with Gasteiger partial charge in [-0.3, -0.25) is 0 Å². The lowest BCUT2D eigenvalue weighted by Crippen LogP contribution is -2.06. The van der Waals surface area contributed by atoms with Gasteiger partial charge in [0.2, 0.25) is 5.82 Å². The van der Waals surface area contributed by atoms with Crippen molar-refractivity contribution in [1.82, 2.24) is 19.8 Å². The van der Waals surface area contributed by atoms with Crippen LogP contribution in [0.5, 0.6) is 0 Å². The van der Waals surface area contributed by atoms with E-state index in [4.69, 9.17) is 0 Å². The molecule has 9 heteroatoms. The van der Waals surface area contributed by atoms with Crippen LogP contribution in [0.15, 0.2) is 36.4 Å². The first-order chi connectivity index (χ1) is 11.0. The van der Waals surface area contributed by atoms with E-state index in [1.54, 1.807) is 18.2 Å². The van der Waals surface area contributed by atoms with Gasteiger partial charge in [0.15, 0.2) is 5.65 Å². The van der Waals surface area contributed by atoms with Gasteiger partial charge in [0.05, 0.1) is 0 Å². The Labute approximate surface area is 128 Å². The fourth-order valence-corrected chi connectivity index (χ4v) is 2.01. The highest BCUT2D eigenvalue weighted by Gasteiger charge is 2.16. The molecule has 2 heterocycles. The van der Waals surface area contributed by atoms with E-state index in [9.17, 15) is 17.6 Å². The topological polar surface area (TPSA) is 55.1 Å². The fraction of sp³-hybridized carbons (Fsp3) is 0.214. The molecular weight excluding hydrogens is 314 g/mol. The van der Waals surface area contributed by atoms with Gasteiger partial charge in [0.25, 0.3) is 12.9 Å². The van der Waals surface area contributed by atoms with Crippen LogP contribution in [0.3, 0.4) is 0 Å². The standard InChI is InChI=1S/C14H11F4N5/c15-12(16)9-3-1-8(2-4-9)7-19-10-5-6-11-20-21-14(13(17)18)23(11)22-10/h1-6,12-13H,7H2,(H,19,22). The van der Waals surface area contributed by atoms with Gasteiger partial charge in [-0.2, -0.15) is 4.52 Å². The van der Waals surface area contributed by atoms with E-state index in [1.807, 2.05) is 0 Å². The lowest BCUT2D eigenvalue weighted by molar-refractivity contribution is 0.137. The Kier molecular flexibility index (Phi) is 4.09. The van der Waals surface area contributed by atoms with E-state index in [1.165, 1.54) is 18.2 Å². The summed E-state index contributed by atoms with van der Waals surface area (Å²) in [6, 6.07) is 8.90. The van der Waals surface area contributed by atoms with Gasteiger partial charge in [-0.25, -0.2) is 17.6 Å². The molecule has 23 heavy (non-hydrogen) atoms. The van der Waals surface area contributed by atoms with Crippen LogP contribution in [0.1, 0.15) is 29.8 Å². The molecule has 5 nitrogen and oxygen atoms in total. The number of nitrogens with one attached hydrogen (secondary N) is 1. The van der Waals surface area contributed by atoms with E-state index in [2.05, 4.69) is 20.6 Å². The van der Waals surface area contributed by atoms with Crippen molar-refractivity contribution in [1.29, 1.82) is 0 Å². The minimum Gasteiger partial charge on any atom is -0.365 e. The Morgan fingerprint density at radius 2 is 1.65 bits per heavy atom.